The van der Waals surface area contributed by atoms with E-state index >= 15 is 0 Å². The predicted octanol–water partition coefficient (Wildman–Crippen LogP) is 2.14. The molecule has 0 saturated heterocycles. The number of benzene rings is 1. The molecule has 0 aliphatic rings. The first-order valence-corrected chi connectivity index (χ1v) is 8.68. The van der Waals surface area contributed by atoms with Gasteiger partial charge in [-0.05, 0) is 45.2 Å². The summed E-state index contributed by atoms with van der Waals surface area (Å²) in [4.78, 5) is 0.172. The Bertz CT molecular complexity index is 745. The van der Waals surface area contributed by atoms with Crippen molar-refractivity contribution in [1.82, 2.24) is 19.8 Å². The van der Waals surface area contributed by atoms with Crippen LogP contribution >= 0.6 is 24.0 Å². The van der Waals surface area contributed by atoms with E-state index in [1.807, 2.05) is 6.92 Å². The van der Waals surface area contributed by atoms with Crippen LogP contribution in [0.2, 0.25) is 5.02 Å². The van der Waals surface area contributed by atoms with E-state index in [1.54, 1.807) is 42.9 Å². The van der Waals surface area contributed by atoms with Crippen LogP contribution in [0.25, 0.3) is 5.69 Å². The zero-order valence-electron chi connectivity index (χ0n) is 13.1. The van der Waals surface area contributed by atoms with Crippen molar-refractivity contribution in [3.63, 3.8) is 0 Å². The van der Waals surface area contributed by atoms with Crippen LogP contribution in [0.3, 0.4) is 0 Å². The molecular formula is C14H20Cl2N4O2S. The molecule has 2 rings (SSSR count). The molecule has 0 spiro atoms. The van der Waals surface area contributed by atoms with Gasteiger partial charge in [0.2, 0.25) is 10.0 Å². The summed E-state index contributed by atoms with van der Waals surface area (Å²) in [7, 11) is -1.81. The summed E-state index contributed by atoms with van der Waals surface area (Å²) in [6.45, 7) is 3.93. The summed E-state index contributed by atoms with van der Waals surface area (Å²) in [6.07, 6.45) is 1.36. The zero-order chi connectivity index (χ0) is 16.3. The van der Waals surface area contributed by atoms with Gasteiger partial charge in [-0.2, -0.15) is 5.10 Å². The lowest BCUT2D eigenvalue weighted by atomic mass is 10.3. The van der Waals surface area contributed by atoms with Crippen molar-refractivity contribution in [2.24, 2.45) is 0 Å². The molecule has 1 atom stereocenters. The standard InChI is InChI=1S/C14H19ClN4O2S.ClH/c1-10(16-3)8-18-22(20,21)14-9-17-19(11(14)2)13-6-4-12(15)5-7-13;/h4-7,9-10,16,18H,8H2,1-3H3;1H. The van der Waals surface area contributed by atoms with Crippen LogP contribution < -0.4 is 10.0 Å². The second-order valence-corrected chi connectivity index (χ2v) is 7.20. The normalized spacial score (nSPS) is 12.7. The molecule has 1 aromatic carbocycles. The van der Waals surface area contributed by atoms with Crippen molar-refractivity contribution in [1.29, 1.82) is 0 Å². The molecule has 128 valence electrons. The summed E-state index contributed by atoms with van der Waals surface area (Å²) >= 11 is 5.86. The fourth-order valence-electron chi connectivity index (χ4n) is 1.92. The highest BCUT2D eigenvalue weighted by molar-refractivity contribution is 7.89. The molecule has 1 unspecified atom stereocenters. The Labute approximate surface area is 147 Å². The number of hydrogen-bond acceptors (Lipinski definition) is 4. The SMILES string of the molecule is CNC(C)CNS(=O)(=O)c1cnn(-c2ccc(Cl)cc2)c1C.Cl. The van der Waals surface area contributed by atoms with Gasteiger partial charge in [-0.3, -0.25) is 0 Å². The number of halogens is 2. The molecule has 6 nitrogen and oxygen atoms in total. The highest BCUT2D eigenvalue weighted by Gasteiger charge is 2.21. The minimum Gasteiger partial charge on any atom is -0.316 e. The monoisotopic (exact) mass is 378 g/mol. The molecule has 0 fully saturated rings. The summed E-state index contributed by atoms with van der Waals surface area (Å²) < 4.78 is 28.9. The van der Waals surface area contributed by atoms with Gasteiger partial charge in [-0.15, -0.1) is 12.4 Å². The van der Waals surface area contributed by atoms with Crippen LogP contribution in [0.5, 0.6) is 0 Å². The zero-order valence-corrected chi connectivity index (χ0v) is 15.5. The smallest absolute Gasteiger partial charge is 0.244 e. The Kier molecular flexibility index (Phi) is 7.03. The van der Waals surface area contributed by atoms with Crippen molar-refractivity contribution < 1.29 is 8.42 Å². The van der Waals surface area contributed by atoms with Gasteiger partial charge in [-0.25, -0.2) is 17.8 Å². The number of sulfonamides is 1. The maximum Gasteiger partial charge on any atom is 0.244 e. The summed E-state index contributed by atoms with van der Waals surface area (Å²) in [5, 5.41) is 7.76. The third-order valence-electron chi connectivity index (χ3n) is 3.40. The predicted molar refractivity (Wildman–Crippen MR) is 94.3 cm³/mol. The fraction of sp³-hybridized carbons (Fsp3) is 0.357. The number of nitrogens with one attached hydrogen (secondary N) is 2. The Morgan fingerprint density at radius 3 is 2.48 bits per heavy atom. The van der Waals surface area contributed by atoms with Gasteiger partial charge in [0.1, 0.15) is 4.90 Å². The lowest BCUT2D eigenvalue weighted by molar-refractivity contribution is 0.554. The van der Waals surface area contributed by atoms with Crippen LogP contribution in [0.4, 0.5) is 0 Å². The first-order valence-electron chi connectivity index (χ1n) is 6.82. The maximum atomic E-state index is 12.4. The van der Waals surface area contributed by atoms with Crippen LogP contribution in [0, 0.1) is 6.92 Å². The number of likely N-dealkylation sites (N-methyl/N-ethyl adjacent to an activating group) is 1. The van der Waals surface area contributed by atoms with Crippen molar-refractivity contribution >= 4 is 34.0 Å². The molecule has 23 heavy (non-hydrogen) atoms. The topological polar surface area (TPSA) is 76.0 Å². The Hall–Kier alpha value is -1.12. The molecule has 0 amide bonds. The molecule has 0 saturated carbocycles. The van der Waals surface area contributed by atoms with Crippen molar-refractivity contribution in [3.8, 4) is 5.69 Å². The van der Waals surface area contributed by atoms with Gasteiger partial charge in [0.15, 0.2) is 0 Å². The minimum absolute atomic E-state index is 0. The average molecular weight is 379 g/mol. The van der Waals surface area contributed by atoms with Crippen molar-refractivity contribution in [2.45, 2.75) is 24.8 Å². The van der Waals surface area contributed by atoms with Crippen LogP contribution in [0.1, 0.15) is 12.6 Å². The fourth-order valence-corrected chi connectivity index (χ4v) is 3.33. The molecule has 2 aromatic rings. The molecule has 0 bridgehead atoms. The Morgan fingerprint density at radius 2 is 1.91 bits per heavy atom. The number of rotatable bonds is 6. The van der Waals surface area contributed by atoms with E-state index in [0.717, 1.165) is 5.69 Å². The quantitative estimate of drug-likeness (QED) is 0.807. The van der Waals surface area contributed by atoms with E-state index in [1.165, 1.54) is 6.20 Å². The first-order chi connectivity index (χ1) is 10.3. The highest BCUT2D eigenvalue weighted by atomic mass is 35.5. The largest absolute Gasteiger partial charge is 0.316 e. The highest BCUT2D eigenvalue weighted by Crippen LogP contribution is 2.19. The lowest BCUT2D eigenvalue weighted by Crippen LogP contribution is -2.37. The molecule has 0 radical (unpaired) electrons. The van der Waals surface area contributed by atoms with Gasteiger partial charge in [0, 0.05) is 17.6 Å². The average Bonchev–Trinajstić information content (AvgIpc) is 2.88. The number of hydrogen-bond donors (Lipinski definition) is 2. The van der Waals surface area contributed by atoms with E-state index < -0.39 is 10.0 Å². The lowest BCUT2D eigenvalue weighted by Gasteiger charge is -2.12. The third-order valence-corrected chi connectivity index (χ3v) is 5.18. The molecule has 0 aliphatic heterocycles. The summed E-state index contributed by atoms with van der Waals surface area (Å²) in [5.41, 5.74) is 1.30. The van der Waals surface area contributed by atoms with Crippen molar-refractivity contribution in [2.75, 3.05) is 13.6 Å². The molecule has 2 N–H and O–H groups in total. The summed E-state index contributed by atoms with van der Waals surface area (Å²) in [5.74, 6) is 0. The minimum atomic E-state index is -3.59. The van der Waals surface area contributed by atoms with Crippen LogP contribution in [0.15, 0.2) is 35.4 Å². The molecule has 1 heterocycles. The van der Waals surface area contributed by atoms with E-state index in [2.05, 4.69) is 15.1 Å². The van der Waals surface area contributed by atoms with Gasteiger partial charge >= 0.3 is 0 Å². The van der Waals surface area contributed by atoms with Crippen molar-refractivity contribution in [3.05, 3.63) is 41.2 Å². The summed E-state index contributed by atoms with van der Waals surface area (Å²) in [6, 6.07) is 7.09. The third kappa shape index (κ3) is 4.68. The molecule has 9 heteroatoms. The maximum absolute atomic E-state index is 12.4. The van der Waals surface area contributed by atoms with Gasteiger partial charge < -0.3 is 5.32 Å². The number of nitrogens with zero attached hydrogens (tertiary/aromatic N) is 2. The Balaban J connectivity index is 0.00000264. The van der Waals surface area contributed by atoms with E-state index in [-0.39, 0.29) is 23.3 Å². The second kappa shape index (κ2) is 8.12. The molecule has 1 aromatic heterocycles. The molecule has 0 aliphatic carbocycles. The first kappa shape index (κ1) is 19.9. The van der Waals surface area contributed by atoms with Crippen LogP contribution in [-0.2, 0) is 10.0 Å². The van der Waals surface area contributed by atoms with E-state index in [4.69, 9.17) is 11.6 Å². The van der Waals surface area contributed by atoms with E-state index in [0.29, 0.717) is 17.3 Å². The number of aromatic nitrogens is 2. The van der Waals surface area contributed by atoms with Gasteiger partial charge in [-0.1, -0.05) is 11.6 Å². The Morgan fingerprint density at radius 1 is 1.30 bits per heavy atom. The van der Waals surface area contributed by atoms with E-state index in [9.17, 15) is 8.42 Å². The van der Waals surface area contributed by atoms with Crippen LogP contribution in [-0.4, -0.2) is 37.8 Å². The van der Waals surface area contributed by atoms with Gasteiger partial charge in [0.25, 0.3) is 0 Å². The second-order valence-electron chi connectivity index (χ2n) is 5.02. The van der Waals surface area contributed by atoms with Gasteiger partial charge in [0.05, 0.1) is 17.6 Å². The molecular weight excluding hydrogens is 359 g/mol.